The number of rotatable bonds is 9. The molecule has 0 bridgehead atoms. The summed E-state index contributed by atoms with van der Waals surface area (Å²) in [5.74, 6) is -0.800. The van der Waals surface area contributed by atoms with Gasteiger partial charge in [-0.3, -0.25) is 9.69 Å². The molecule has 0 aliphatic heterocycles. The van der Waals surface area contributed by atoms with Crippen molar-refractivity contribution in [1.29, 1.82) is 0 Å². The summed E-state index contributed by atoms with van der Waals surface area (Å²) in [7, 11) is 0. The van der Waals surface area contributed by atoms with Crippen LogP contribution in [0.15, 0.2) is 103 Å². The van der Waals surface area contributed by atoms with E-state index in [1.54, 1.807) is 0 Å². The molecule has 0 aliphatic rings. The van der Waals surface area contributed by atoms with Crippen molar-refractivity contribution >= 4 is 5.97 Å². The highest BCUT2D eigenvalue weighted by atomic mass is 16.4. The average Bonchev–Trinajstić information content (AvgIpc) is 2.88. The Morgan fingerprint density at radius 1 is 0.800 bits per heavy atom. The van der Waals surface area contributed by atoms with Crippen molar-refractivity contribution in [2.45, 2.75) is 45.8 Å². The zero-order valence-corrected chi connectivity index (χ0v) is 20.7. The van der Waals surface area contributed by atoms with E-state index < -0.39 is 5.97 Å². The first kappa shape index (κ1) is 24.4. The lowest BCUT2D eigenvalue weighted by Crippen LogP contribution is -2.32. The molecule has 0 aromatic heterocycles. The molecular weight excluding hydrogens is 430 g/mol. The van der Waals surface area contributed by atoms with Crippen molar-refractivity contribution in [2.24, 2.45) is 0 Å². The summed E-state index contributed by atoms with van der Waals surface area (Å²) in [4.78, 5) is 14.4. The fourth-order valence-corrected chi connectivity index (χ4v) is 4.79. The summed E-state index contributed by atoms with van der Waals surface area (Å²) in [6.45, 7) is 7.04. The standard InChI is InChI=1S/C32H33NO2/c1-23-17-18-24(2)30(19-23)28-15-10-16-29(20-28)31(21-32(34)35)33(22-26-11-6-4-7-12-26)25(3)27-13-8-5-9-14-27/h4-20,25,31H,21-22H2,1-3H3,(H,34,35)/t25-,31?/m1/s1. The Labute approximate surface area is 208 Å². The zero-order valence-electron chi connectivity index (χ0n) is 20.7. The maximum absolute atomic E-state index is 12.1. The summed E-state index contributed by atoms with van der Waals surface area (Å²) >= 11 is 0. The van der Waals surface area contributed by atoms with Crippen molar-refractivity contribution in [3.05, 3.63) is 131 Å². The van der Waals surface area contributed by atoms with Crippen LogP contribution >= 0.6 is 0 Å². The van der Waals surface area contributed by atoms with E-state index in [2.05, 4.69) is 92.4 Å². The third-order valence-corrected chi connectivity index (χ3v) is 6.73. The van der Waals surface area contributed by atoms with Crippen LogP contribution in [0.3, 0.4) is 0 Å². The lowest BCUT2D eigenvalue weighted by molar-refractivity contribution is -0.138. The monoisotopic (exact) mass is 463 g/mol. The molecule has 0 heterocycles. The smallest absolute Gasteiger partial charge is 0.305 e. The molecule has 1 N–H and O–H groups in total. The summed E-state index contributed by atoms with van der Waals surface area (Å²) in [6, 6.07) is 35.3. The Bertz CT molecular complexity index is 1270. The molecule has 0 saturated carbocycles. The van der Waals surface area contributed by atoms with Gasteiger partial charge in [0.25, 0.3) is 0 Å². The van der Waals surface area contributed by atoms with Crippen LogP contribution in [0.5, 0.6) is 0 Å². The first-order valence-corrected chi connectivity index (χ1v) is 12.2. The van der Waals surface area contributed by atoms with E-state index in [0.29, 0.717) is 6.54 Å². The molecule has 0 aliphatic carbocycles. The van der Waals surface area contributed by atoms with Crippen LogP contribution in [0.1, 0.15) is 53.2 Å². The van der Waals surface area contributed by atoms with Crippen molar-refractivity contribution in [3.63, 3.8) is 0 Å². The van der Waals surface area contributed by atoms with Gasteiger partial charge in [-0.2, -0.15) is 0 Å². The average molecular weight is 464 g/mol. The van der Waals surface area contributed by atoms with Crippen LogP contribution in [0.2, 0.25) is 0 Å². The number of aliphatic carboxylic acids is 1. The molecule has 4 aromatic carbocycles. The Morgan fingerprint density at radius 2 is 1.46 bits per heavy atom. The Balaban J connectivity index is 1.80. The minimum absolute atomic E-state index is 0.0280. The molecule has 0 radical (unpaired) electrons. The van der Waals surface area contributed by atoms with Gasteiger partial charge in [0.1, 0.15) is 0 Å². The molecular formula is C32H33NO2. The molecule has 0 spiro atoms. The normalized spacial score (nSPS) is 12.9. The van der Waals surface area contributed by atoms with Crippen LogP contribution in [0.4, 0.5) is 0 Å². The largest absolute Gasteiger partial charge is 0.481 e. The van der Waals surface area contributed by atoms with Crippen molar-refractivity contribution < 1.29 is 9.90 Å². The second kappa shape index (κ2) is 11.2. The van der Waals surface area contributed by atoms with E-state index in [1.807, 2.05) is 36.4 Å². The van der Waals surface area contributed by atoms with Gasteiger partial charge >= 0.3 is 5.97 Å². The van der Waals surface area contributed by atoms with E-state index >= 15 is 0 Å². The predicted molar refractivity (Wildman–Crippen MR) is 143 cm³/mol. The van der Waals surface area contributed by atoms with E-state index in [-0.39, 0.29) is 18.5 Å². The van der Waals surface area contributed by atoms with Crippen molar-refractivity contribution in [1.82, 2.24) is 4.90 Å². The lowest BCUT2D eigenvalue weighted by Gasteiger charge is -2.37. The van der Waals surface area contributed by atoms with Gasteiger partial charge in [-0.1, -0.05) is 103 Å². The number of hydrogen-bond acceptors (Lipinski definition) is 2. The molecule has 35 heavy (non-hydrogen) atoms. The molecule has 3 heteroatoms. The second-order valence-corrected chi connectivity index (χ2v) is 9.30. The number of carboxylic acids is 1. The number of benzene rings is 4. The first-order chi connectivity index (χ1) is 16.9. The number of carboxylic acid groups (broad SMARTS) is 1. The molecule has 178 valence electrons. The lowest BCUT2D eigenvalue weighted by atomic mass is 9.92. The van der Waals surface area contributed by atoms with E-state index in [1.165, 1.54) is 22.3 Å². The van der Waals surface area contributed by atoms with Crippen LogP contribution in [-0.2, 0) is 11.3 Å². The van der Waals surface area contributed by atoms with Gasteiger partial charge in [0.15, 0.2) is 0 Å². The quantitative estimate of drug-likeness (QED) is 0.276. The Kier molecular flexibility index (Phi) is 7.79. The Hall–Kier alpha value is -3.69. The van der Waals surface area contributed by atoms with Gasteiger partial charge in [-0.15, -0.1) is 0 Å². The predicted octanol–water partition coefficient (Wildman–Crippen LogP) is 7.75. The molecule has 4 rings (SSSR count). The highest BCUT2D eigenvalue weighted by Gasteiger charge is 2.28. The second-order valence-electron chi connectivity index (χ2n) is 9.30. The van der Waals surface area contributed by atoms with Gasteiger partial charge < -0.3 is 5.11 Å². The maximum Gasteiger partial charge on any atom is 0.305 e. The summed E-state index contributed by atoms with van der Waals surface area (Å²) in [5, 5.41) is 9.95. The molecule has 1 unspecified atom stereocenters. The van der Waals surface area contributed by atoms with Crippen LogP contribution < -0.4 is 0 Å². The van der Waals surface area contributed by atoms with Gasteiger partial charge in [-0.05, 0) is 60.2 Å². The SMILES string of the molecule is Cc1ccc(C)c(-c2cccc(C(CC(=O)O)N(Cc3ccccc3)[C@H](C)c3ccccc3)c2)c1. The van der Waals surface area contributed by atoms with Crippen molar-refractivity contribution in [2.75, 3.05) is 0 Å². The minimum atomic E-state index is -0.800. The number of nitrogens with zero attached hydrogens (tertiary/aromatic N) is 1. The van der Waals surface area contributed by atoms with Crippen LogP contribution in [-0.4, -0.2) is 16.0 Å². The molecule has 0 saturated heterocycles. The van der Waals surface area contributed by atoms with E-state index in [9.17, 15) is 9.90 Å². The number of hydrogen-bond donors (Lipinski definition) is 1. The van der Waals surface area contributed by atoms with Gasteiger partial charge in [0, 0.05) is 18.6 Å². The fraction of sp³-hybridized carbons (Fsp3) is 0.219. The topological polar surface area (TPSA) is 40.5 Å². The van der Waals surface area contributed by atoms with Crippen LogP contribution in [0.25, 0.3) is 11.1 Å². The van der Waals surface area contributed by atoms with Gasteiger partial charge in [0.05, 0.1) is 6.42 Å². The molecule has 4 aromatic rings. The maximum atomic E-state index is 12.1. The summed E-state index contributed by atoms with van der Waals surface area (Å²) in [6.07, 6.45) is 0.0280. The van der Waals surface area contributed by atoms with Crippen molar-refractivity contribution in [3.8, 4) is 11.1 Å². The highest BCUT2D eigenvalue weighted by Crippen LogP contribution is 2.36. The summed E-state index contributed by atoms with van der Waals surface area (Å²) < 4.78 is 0. The highest BCUT2D eigenvalue weighted by molar-refractivity contribution is 5.70. The third-order valence-electron chi connectivity index (χ3n) is 6.73. The molecule has 0 amide bonds. The molecule has 2 atom stereocenters. The zero-order chi connectivity index (χ0) is 24.8. The van der Waals surface area contributed by atoms with E-state index in [4.69, 9.17) is 0 Å². The summed E-state index contributed by atoms with van der Waals surface area (Å²) in [5.41, 5.74) is 8.07. The molecule has 3 nitrogen and oxygen atoms in total. The Morgan fingerprint density at radius 3 is 2.14 bits per heavy atom. The third kappa shape index (κ3) is 6.06. The fourth-order valence-electron chi connectivity index (χ4n) is 4.79. The van der Waals surface area contributed by atoms with Gasteiger partial charge in [-0.25, -0.2) is 0 Å². The van der Waals surface area contributed by atoms with Crippen LogP contribution in [0, 0.1) is 13.8 Å². The molecule has 0 fully saturated rings. The van der Waals surface area contributed by atoms with E-state index in [0.717, 1.165) is 16.7 Å². The van der Waals surface area contributed by atoms with Gasteiger partial charge in [0.2, 0.25) is 0 Å². The number of aryl methyl sites for hydroxylation is 2. The minimum Gasteiger partial charge on any atom is -0.481 e. The number of carbonyl (C=O) groups is 1. The first-order valence-electron chi connectivity index (χ1n) is 12.2.